The van der Waals surface area contributed by atoms with E-state index in [-0.39, 0.29) is 12.2 Å². The zero-order valence-electron chi connectivity index (χ0n) is 13.5. The third-order valence-electron chi connectivity index (χ3n) is 4.27. The molecule has 5 nitrogen and oxygen atoms in total. The molecule has 1 saturated heterocycles. The van der Waals surface area contributed by atoms with Gasteiger partial charge in [0.15, 0.2) is 0 Å². The number of nitrogens with zero attached hydrogens (tertiary/aromatic N) is 1. The van der Waals surface area contributed by atoms with Crippen LogP contribution in [0.4, 0.5) is 14.5 Å². The van der Waals surface area contributed by atoms with Crippen LogP contribution in [0, 0.1) is 0 Å². The van der Waals surface area contributed by atoms with E-state index in [9.17, 15) is 22.0 Å². The molecule has 1 amide bonds. The van der Waals surface area contributed by atoms with Gasteiger partial charge in [0, 0.05) is 6.04 Å². The van der Waals surface area contributed by atoms with Crippen molar-refractivity contribution in [3.8, 4) is 0 Å². The Kier molecular flexibility index (Phi) is 6.28. The number of halogens is 2. The lowest BCUT2D eigenvalue weighted by molar-refractivity contribution is -0.118. The van der Waals surface area contributed by atoms with Gasteiger partial charge in [-0.3, -0.25) is 9.69 Å². The number of anilines is 1. The summed E-state index contributed by atoms with van der Waals surface area (Å²) >= 11 is 0. The number of sulfone groups is 1. The van der Waals surface area contributed by atoms with Crippen LogP contribution in [-0.2, 0) is 14.6 Å². The van der Waals surface area contributed by atoms with Gasteiger partial charge in [-0.15, -0.1) is 0 Å². The van der Waals surface area contributed by atoms with Crippen molar-refractivity contribution in [2.75, 3.05) is 18.4 Å². The van der Waals surface area contributed by atoms with Crippen molar-refractivity contribution in [2.24, 2.45) is 0 Å². The van der Waals surface area contributed by atoms with Gasteiger partial charge in [-0.2, -0.15) is 8.78 Å². The first-order valence-corrected chi connectivity index (χ1v) is 9.56. The Hall–Kier alpha value is -1.54. The van der Waals surface area contributed by atoms with Gasteiger partial charge in [-0.25, -0.2) is 8.42 Å². The molecule has 0 aromatic heterocycles. The second kappa shape index (κ2) is 8.02. The molecule has 2 rings (SSSR count). The highest BCUT2D eigenvalue weighted by Crippen LogP contribution is 2.26. The van der Waals surface area contributed by atoms with E-state index in [4.69, 9.17) is 0 Å². The van der Waals surface area contributed by atoms with Crippen LogP contribution in [0.15, 0.2) is 29.2 Å². The van der Waals surface area contributed by atoms with Crippen LogP contribution in [0.2, 0.25) is 0 Å². The fraction of sp³-hybridized carbons (Fsp3) is 0.562. The van der Waals surface area contributed by atoms with Crippen molar-refractivity contribution < 1.29 is 22.0 Å². The monoisotopic (exact) mass is 360 g/mol. The molecule has 0 radical (unpaired) electrons. The van der Waals surface area contributed by atoms with E-state index in [0.29, 0.717) is 6.04 Å². The molecule has 1 aliphatic rings. The number of carbonyl (C=O) groups excluding carboxylic acids is 1. The van der Waals surface area contributed by atoms with Gasteiger partial charge in [0.1, 0.15) is 0 Å². The van der Waals surface area contributed by atoms with Crippen LogP contribution in [0.1, 0.15) is 32.6 Å². The van der Waals surface area contributed by atoms with Crippen molar-refractivity contribution in [2.45, 2.75) is 49.3 Å². The number of likely N-dealkylation sites (tertiary alicyclic amines) is 1. The summed E-state index contributed by atoms with van der Waals surface area (Å²) in [5.74, 6) is -3.92. The Morgan fingerprint density at radius 1 is 1.33 bits per heavy atom. The molecule has 0 bridgehead atoms. The number of para-hydroxylation sites is 1. The van der Waals surface area contributed by atoms with Crippen molar-refractivity contribution >= 4 is 21.4 Å². The van der Waals surface area contributed by atoms with E-state index in [1.54, 1.807) is 0 Å². The predicted octanol–water partition coefficient (Wildman–Crippen LogP) is 2.89. The Labute approximate surface area is 141 Å². The van der Waals surface area contributed by atoms with Crippen molar-refractivity contribution in [3.63, 3.8) is 0 Å². The first-order valence-electron chi connectivity index (χ1n) is 8.01. The van der Waals surface area contributed by atoms with Crippen LogP contribution in [-0.4, -0.2) is 44.1 Å². The van der Waals surface area contributed by atoms with Crippen molar-refractivity contribution in [1.29, 1.82) is 0 Å². The number of rotatable bonds is 6. The van der Waals surface area contributed by atoms with Crippen LogP contribution in [0.25, 0.3) is 0 Å². The summed E-state index contributed by atoms with van der Waals surface area (Å²) in [6, 6.07) is 5.57. The largest absolute Gasteiger partial charge is 0.341 e. The number of hydrogen-bond acceptors (Lipinski definition) is 4. The fourth-order valence-electron chi connectivity index (χ4n) is 3.02. The molecule has 1 N–H and O–H groups in total. The second-order valence-electron chi connectivity index (χ2n) is 5.88. The average Bonchev–Trinajstić information content (AvgIpc) is 2.55. The zero-order chi connectivity index (χ0) is 17.7. The Morgan fingerprint density at radius 3 is 2.71 bits per heavy atom. The SMILES string of the molecule is CC[C@H]1CCCCN1CC(=O)Nc1ccccc1S(=O)(=O)C(F)F. The van der Waals surface area contributed by atoms with Crippen molar-refractivity contribution in [1.82, 2.24) is 4.90 Å². The average molecular weight is 360 g/mol. The molecule has 134 valence electrons. The highest BCUT2D eigenvalue weighted by atomic mass is 32.2. The molecule has 0 saturated carbocycles. The molecule has 1 aliphatic heterocycles. The summed E-state index contributed by atoms with van der Waals surface area (Å²) in [4.78, 5) is 13.8. The van der Waals surface area contributed by atoms with Crippen LogP contribution in [0.3, 0.4) is 0 Å². The Balaban J connectivity index is 2.12. The molecular formula is C16H22F2N2O3S. The molecule has 8 heteroatoms. The van der Waals surface area contributed by atoms with Gasteiger partial charge in [0.25, 0.3) is 0 Å². The zero-order valence-corrected chi connectivity index (χ0v) is 14.4. The molecule has 1 aromatic rings. The van der Waals surface area contributed by atoms with Crippen molar-refractivity contribution in [3.05, 3.63) is 24.3 Å². The summed E-state index contributed by atoms with van der Waals surface area (Å²) in [5.41, 5.74) is -0.104. The maximum absolute atomic E-state index is 12.8. The highest BCUT2D eigenvalue weighted by Gasteiger charge is 2.30. The molecule has 1 heterocycles. The molecule has 24 heavy (non-hydrogen) atoms. The molecule has 1 fully saturated rings. The maximum atomic E-state index is 12.8. The van der Waals surface area contributed by atoms with Gasteiger partial charge in [-0.1, -0.05) is 25.5 Å². The minimum atomic E-state index is -4.76. The molecular weight excluding hydrogens is 338 g/mol. The third-order valence-corrected chi connectivity index (χ3v) is 5.71. The lowest BCUT2D eigenvalue weighted by Gasteiger charge is -2.34. The molecule has 0 spiro atoms. The molecule has 0 aliphatic carbocycles. The number of carbonyl (C=O) groups is 1. The normalized spacial score (nSPS) is 19.4. The topological polar surface area (TPSA) is 66.5 Å². The van der Waals surface area contributed by atoms with E-state index < -0.39 is 26.4 Å². The van der Waals surface area contributed by atoms with Gasteiger partial charge in [-0.05, 0) is 37.9 Å². The summed E-state index contributed by atoms with van der Waals surface area (Å²) < 4.78 is 49.0. The number of amides is 1. The second-order valence-corrected chi connectivity index (χ2v) is 7.76. The van der Waals surface area contributed by atoms with Gasteiger partial charge < -0.3 is 5.32 Å². The maximum Gasteiger partial charge on any atom is 0.341 e. The Morgan fingerprint density at radius 2 is 2.04 bits per heavy atom. The van der Waals surface area contributed by atoms with Crippen LogP contribution in [0.5, 0.6) is 0 Å². The summed E-state index contributed by atoms with van der Waals surface area (Å²) in [5, 5.41) is 2.47. The minimum absolute atomic E-state index is 0.104. The molecule has 1 atom stereocenters. The van der Waals surface area contributed by atoms with Gasteiger partial charge >= 0.3 is 5.76 Å². The number of alkyl halides is 2. The Bertz CT molecular complexity index is 680. The minimum Gasteiger partial charge on any atom is -0.324 e. The lowest BCUT2D eigenvalue weighted by atomic mass is 10.00. The number of piperidine rings is 1. The summed E-state index contributed by atoms with van der Waals surface area (Å²) in [6.45, 7) is 3.00. The van der Waals surface area contributed by atoms with Gasteiger partial charge in [0.2, 0.25) is 15.7 Å². The van der Waals surface area contributed by atoms with E-state index in [1.807, 2.05) is 0 Å². The summed E-state index contributed by atoms with van der Waals surface area (Å²) in [6.07, 6.45) is 4.11. The van der Waals surface area contributed by atoms with Crippen LogP contribution < -0.4 is 5.32 Å². The fourth-order valence-corrected chi connectivity index (χ4v) is 3.90. The first-order chi connectivity index (χ1) is 11.4. The summed E-state index contributed by atoms with van der Waals surface area (Å²) in [7, 11) is -4.76. The number of nitrogens with one attached hydrogen (secondary N) is 1. The first kappa shape index (κ1) is 18.8. The standard InChI is InChI=1S/C16H22F2N2O3S/c1-2-12-7-5-6-10-20(12)11-15(21)19-13-8-3-4-9-14(13)24(22,23)16(17)18/h3-4,8-9,12,16H,2,5-7,10-11H2,1H3,(H,19,21)/t12-/m0/s1. The van der Waals surface area contributed by atoms with E-state index >= 15 is 0 Å². The van der Waals surface area contributed by atoms with E-state index in [0.717, 1.165) is 38.3 Å². The van der Waals surface area contributed by atoms with Crippen LogP contribution >= 0.6 is 0 Å². The van der Waals surface area contributed by atoms with Gasteiger partial charge in [0.05, 0.1) is 17.1 Å². The third kappa shape index (κ3) is 4.30. The number of benzene rings is 1. The predicted molar refractivity (Wildman–Crippen MR) is 87.8 cm³/mol. The molecule has 0 unspecified atom stereocenters. The molecule has 1 aromatic carbocycles. The van der Waals surface area contributed by atoms with E-state index in [2.05, 4.69) is 17.1 Å². The number of hydrogen-bond donors (Lipinski definition) is 1. The lowest BCUT2D eigenvalue weighted by Crippen LogP contribution is -2.43. The van der Waals surface area contributed by atoms with E-state index in [1.165, 1.54) is 18.2 Å². The highest BCUT2D eigenvalue weighted by molar-refractivity contribution is 7.91. The quantitative estimate of drug-likeness (QED) is 0.847. The smallest absolute Gasteiger partial charge is 0.324 e.